The van der Waals surface area contributed by atoms with Crippen LogP contribution in [-0.2, 0) is 14.3 Å². The molecule has 0 N–H and O–H groups in total. The molecule has 0 aromatic carbocycles. The van der Waals surface area contributed by atoms with E-state index in [1.807, 2.05) is 13.8 Å². The number of ketones is 1. The second-order valence-electron chi connectivity index (χ2n) is 4.21. The summed E-state index contributed by atoms with van der Waals surface area (Å²) < 4.78 is 4.98. The van der Waals surface area contributed by atoms with Gasteiger partial charge in [0, 0.05) is 12.3 Å². The Morgan fingerprint density at radius 2 is 2.14 bits per heavy atom. The summed E-state index contributed by atoms with van der Waals surface area (Å²) in [6, 6.07) is 0. The molecule has 0 amide bonds. The summed E-state index contributed by atoms with van der Waals surface area (Å²) in [4.78, 5) is 23.3. The quantitative estimate of drug-likeness (QED) is 0.511. The third-order valence-electron chi connectivity index (χ3n) is 3.10. The van der Waals surface area contributed by atoms with Crippen LogP contribution in [0, 0.1) is 17.3 Å². The fourth-order valence-corrected chi connectivity index (χ4v) is 2.04. The van der Waals surface area contributed by atoms with Gasteiger partial charge in [-0.3, -0.25) is 9.59 Å². The van der Waals surface area contributed by atoms with Crippen LogP contribution in [0.15, 0.2) is 0 Å². The second-order valence-corrected chi connectivity index (χ2v) is 4.21. The molecule has 79 valence electrons. The van der Waals surface area contributed by atoms with Gasteiger partial charge in [0.05, 0.1) is 6.61 Å². The van der Waals surface area contributed by atoms with Gasteiger partial charge in [0.25, 0.3) is 0 Å². The first kappa shape index (κ1) is 11.2. The van der Waals surface area contributed by atoms with Crippen molar-refractivity contribution in [1.29, 1.82) is 0 Å². The highest BCUT2D eigenvalue weighted by molar-refractivity contribution is 6.05. The average molecular weight is 197 g/mol. The van der Waals surface area contributed by atoms with Crippen molar-refractivity contribution in [2.75, 3.05) is 6.61 Å². The minimum absolute atomic E-state index is 0.0220. The van der Waals surface area contributed by atoms with Crippen molar-refractivity contribution in [3.05, 3.63) is 5.92 Å². The van der Waals surface area contributed by atoms with E-state index < -0.39 is 5.41 Å². The van der Waals surface area contributed by atoms with Crippen LogP contribution in [0.4, 0.5) is 0 Å². The first-order valence-electron chi connectivity index (χ1n) is 4.95. The Kier molecular flexibility index (Phi) is 2.98. The highest BCUT2D eigenvalue weighted by Gasteiger charge is 2.54. The molecule has 1 saturated heterocycles. The van der Waals surface area contributed by atoms with Gasteiger partial charge in [0.2, 0.25) is 0 Å². The van der Waals surface area contributed by atoms with Crippen molar-refractivity contribution in [2.45, 2.75) is 34.1 Å². The number of hydrogen-bond donors (Lipinski definition) is 0. The van der Waals surface area contributed by atoms with Crippen LogP contribution in [0.2, 0.25) is 0 Å². The number of cyclic esters (lactones) is 1. The van der Waals surface area contributed by atoms with Crippen LogP contribution >= 0.6 is 0 Å². The maximum atomic E-state index is 11.7. The standard InChI is InChI=1S/C11H17O3/c1-5-9(12)11(4)8(7(2)3)6-14-10(11)13/h8H,5-6H2,1-4H3/t8-,11-/m1/s1. The van der Waals surface area contributed by atoms with Crippen LogP contribution in [-0.4, -0.2) is 18.4 Å². The Bertz CT molecular complexity index is 257. The molecular formula is C11H17O3. The monoisotopic (exact) mass is 197 g/mol. The van der Waals surface area contributed by atoms with Crippen LogP contribution in [0.3, 0.4) is 0 Å². The lowest BCUT2D eigenvalue weighted by atomic mass is 9.70. The molecule has 3 nitrogen and oxygen atoms in total. The summed E-state index contributed by atoms with van der Waals surface area (Å²) in [5.41, 5.74) is -0.937. The summed E-state index contributed by atoms with van der Waals surface area (Å²) in [5.74, 6) is 0.643. The first-order chi connectivity index (χ1) is 6.44. The van der Waals surface area contributed by atoms with Crippen molar-refractivity contribution < 1.29 is 14.3 Å². The molecule has 1 heterocycles. The summed E-state index contributed by atoms with van der Waals surface area (Å²) in [6.07, 6.45) is 0.384. The Morgan fingerprint density at radius 1 is 1.57 bits per heavy atom. The fraction of sp³-hybridized carbons (Fsp3) is 0.727. The van der Waals surface area contributed by atoms with Gasteiger partial charge >= 0.3 is 5.97 Å². The SMILES string of the molecule is CCC(=O)[C@]1(C)C(=O)OC[C@@H]1[C](C)C. The molecule has 0 aromatic heterocycles. The molecule has 1 aliphatic heterocycles. The van der Waals surface area contributed by atoms with E-state index in [0.29, 0.717) is 13.0 Å². The van der Waals surface area contributed by atoms with Crippen molar-refractivity contribution in [3.63, 3.8) is 0 Å². The zero-order chi connectivity index (χ0) is 10.9. The Morgan fingerprint density at radius 3 is 2.57 bits per heavy atom. The predicted molar refractivity (Wildman–Crippen MR) is 52.4 cm³/mol. The van der Waals surface area contributed by atoms with Crippen molar-refractivity contribution in [1.82, 2.24) is 0 Å². The van der Waals surface area contributed by atoms with Gasteiger partial charge in [-0.05, 0) is 12.8 Å². The molecule has 2 atom stereocenters. The van der Waals surface area contributed by atoms with Gasteiger partial charge in [-0.2, -0.15) is 0 Å². The van der Waals surface area contributed by atoms with Gasteiger partial charge in [-0.1, -0.05) is 20.8 Å². The van der Waals surface area contributed by atoms with E-state index >= 15 is 0 Å². The topological polar surface area (TPSA) is 43.4 Å². The number of ether oxygens (including phenoxy) is 1. The zero-order valence-electron chi connectivity index (χ0n) is 9.22. The minimum Gasteiger partial charge on any atom is -0.465 e. The number of esters is 1. The summed E-state index contributed by atoms with van der Waals surface area (Å²) in [5, 5.41) is 0. The van der Waals surface area contributed by atoms with E-state index in [4.69, 9.17) is 4.74 Å². The number of Topliss-reactive ketones (excluding diaryl/α,β-unsaturated/α-hetero) is 1. The van der Waals surface area contributed by atoms with Crippen LogP contribution in [0.1, 0.15) is 34.1 Å². The third kappa shape index (κ3) is 1.45. The molecule has 3 heteroatoms. The summed E-state index contributed by atoms with van der Waals surface area (Å²) in [7, 11) is 0. The fourth-order valence-electron chi connectivity index (χ4n) is 2.04. The zero-order valence-corrected chi connectivity index (χ0v) is 9.22. The molecule has 0 unspecified atom stereocenters. The lowest BCUT2D eigenvalue weighted by Crippen LogP contribution is -2.39. The molecule has 0 aromatic rings. The average Bonchev–Trinajstić information content (AvgIpc) is 2.43. The number of carbonyl (C=O) groups is 2. The number of carbonyl (C=O) groups excluding carboxylic acids is 2. The van der Waals surface area contributed by atoms with Crippen LogP contribution in [0.25, 0.3) is 0 Å². The van der Waals surface area contributed by atoms with Crippen LogP contribution < -0.4 is 0 Å². The largest absolute Gasteiger partial charge is 0.465 e. The van der Waals surface area contributed by atoms with Crippen LogP contribution in [0.5, 0.6) is 0 Å². The molecule has 1 rings (SSSR count). The minimum atomic E-state index is -0.937. The van der Waals surface area contributed by atoms with E-state index in [1.54, 1.807) is 13.8 Å². The molecule has 0 aliphatic carbocycles. The molecular weight excluding hydrogens is 180 g/mol. The van der Waals surface area contributed by atoms with Gasteiger partial charge in [-0.25, -0.2) is 0 Å². The molecule has 0 spiro atoms. The molecule has 1 aliphatic rings. The van der Waals surface area contributed by atoms with E-state index in [9.17, 15) is 9.59 Å². The van der Waals surface area contributed by atoms with Gasteiger partial charge in [-0.15, -0.1) is 0 Å². The lowest BCUT2D eigenvalue weighted by molar-refractivity contribution is -0.150. The molecule has 1 radical (unpaired) electrons. The number of hydrogen-bond acceptors (Lipinski definition) is 3. The number of rotatable bonds is 3. The maximum absolute atomic E-state index is 11.7. The Labute approximate surface area is 84.8 Å². The highest BCUT2D eigenvalue weighted by atomic mass is 16.5. The normalized spacial score (nSPS) is 32.1. The maximum Gasteiger partial charge on any atom is 0.319 e. The van der Waals surface area contributed by atoms with Crippen molar-refractivity contribution >= 4 is 11.8 Å². The van der Waals surface area contributed by atoms with Gasteiger partial charge in [0.1, 0.15) is 11.2 Å². The summed E-state index contributed by atoms with van der Waals surface area (Å²) >= 11 is 0. The molecule has 1 fully saturated rings. The first-order valence-corrected chi connectivity index (χ1v) is 4.95. The summed E-state index contributed by atoms with van der Waals surface area (Å²) in [6.45, 7) is 7.71. The highest BCUT2D eigenvalue weighted by Crippen LogP contribution is 2.42. The van der Waals surface area contributed by atoms with E-state index in [2.05, 4.69) is 0 Å². The predicted octanol–water partition coefficient (Wildman–Crippen LogP) is 1.76. The molecule has 0 saturated carbocycles. The van der Waals surface area contributed by atoms with Crippen molar-refractivity contribution in [3.8, 4) is 0 Å². The molecule has 14 heavy (non-hydrogen) atoms. The van der Waals surface area contributed by atoms with E-state index in [0.717, 1.165) is 5.92 Å². The Balaban J connectivity index is 3.01. The Hall–Kier alpha value is -0.860. The van der Waals surface area contributed by atoms with Crippen molar-refractivity contribution in [2.24, 2.45) is 11.3 Å². The van der Waals surface area contributed by atoms with Gasteiger partial charge < -0.3 is 4.74 Å². The smallest absolute Gasteiger partial charge is 0.319 e. The molecule has 0 bridgehead atoms. The van der Waals surface area contributed by atoms with E-state index in [1.165, 1.54) is 0 Å². The van der Waals surface area contributed by atoms with E-state index in [-0.39, 0.29) is 17.7 Å². The lowest BCUT2D eigenvalue weighted by Gasteiger charge is -2.26. The second kappa shape index (κ2) is 3.71. The third-order valence-corrected chi connectivity index (χ3v) is 3.10. The van der Waals surface area contributed by atoms with Gasteiger partial charge in [0.15, 0.2) is 0 Å².